The Balaban J connectivity index is 0.873. The van der Waals surface area contributed by atoms with Crippen LogP contribution in [0.25, 0.3) is 111 Å². The highest BCUT2D eigenvalue weighted by Gasteiger charge is 2.20. The lowest BCUT2D eigenvalue weighted by atomic mass is 9.88. The standard InChI is InChI=1S/C67H48N2/c1-44-14-12-19-49(36-44)56-38-55(46-17-6-3-7-18-46)39-57(40-56)69-66-25-11-10-24-60(66)63-43-52(32-35-67(63)69)48-28-26-47(27-29-48)50-30-33-64-61(41-50)54-21-13-20-53(37-54)58-22-8-9-23-59(58)62-42-51(31-34-65(62)68-64)45-15-4-2-5-16-45/h2-35,37-44,68H,36H2,1H3. The Hall–Kier alpha value is -8.72. The number of anilines is 2. The monoisotopic (exact) mass is 880 g/mol. The molecule has 1 N–H and O–H groups in total. The molecule has 1 aliphatic carbocycles. The third kappa shape index (κ3) is 7.39. The van der Waals surface area contributed by atoms with Gasteiger partial charge < -0.3 is 9.88 Å². The van der Waals surface area contributed by atoms with Crippen LogP contribution in [0.1, 0.15) is 18.9 Å². The number of allylic oxidation sites excluding steroid dienone is 4. The van der Waals surface area contributed by atoms with Crippen molar-refractivity contribution in [1.82, 2.24) is 4.57 Å². The number of benzene rings is 10. The van der Waals surface area contributed by atoms with E-state index in [0.29, 0.717) is 5.92 Å². The van der Waals surface area contributed by atoms with Crippen LogP contribution in [0.2, 0.25) is 0 Å². The fraction of sp³-hybridized carbons (Fsp3) is 0.0448. The van der Waals surface area contributed by atoms with E-state index in [9.17, 15) is 0 Å². The zero-order valence-electron chi connectivity index (χ0n) is 38.4. The number of hydrogen-bond donors (Lipinski definition) is 1. The van der Waals surface area contributed by atoms with Crippen LogP contribution in [0.3, 0.4) is 0 Å². The number of hydrogen-bond acceptors (Lipinski definition) is 1. The predicted octanol–water partition coefficient (Wildman–Crippen LogP) is 18.5. The van der Waals surface area contributed by atoms with E-state index in [-0.39, 0.29) is 0 Å². The van der Waals surface area contributed by atoms with E-state index < -0.39 is 0 Å². The minimum atomic E-state index is 0.509. The van der Waals surface area contributed by atoms with Crippen LogP contribution in [0.4, 0.5) is 11.4 Å². The number of aromatic nitrogens is 1. The van der Waals surface area contributed by atoms with Gasteiger partial charge in [0.05, 0.1) is 11.0 Å². The van der Waals surface area contributed by atoms with Gasteiger partial charge in [0.15, 0.2) is 0 Å². The Morgan fingerprint density at radius 2 is 0.884 bits per heavy atom. The summed E-state index contributed by atoms with van der Waals surface area (Å²) in [5.41, 5.74) is 25.2. The normalized spacial score (nSPS) is 13.8. The van der Waals surface area contributed by atoms with Crippen molar-refractivity contribution in [3.63, 3.8) is 0 Å². The molecule has 0 radical (unpaired) electrons. The van der Waals surface area contributed by atoms with E-state index in [1.807, 2.05) is 0 Å². The van der Waals surface area contributed by atoms with Gasteiger partial charge in [-0.3, -0.25) is 0 Å². The molecular formula is C67H48N2. The van der Waals surface area contributed by atoms with Crippen molar-refractivity contribution in [2.24, 2.45) is 5.92 Å². The van der Waals surface area contributed by atoms with Gasteiger partial charge in [0.1, 0.15) is 0 Å². The predicted molar refractivity (Wildman–Crippen MR) is 293 cm³/mol. The molecule has 0 saturated heterocycles. The third-order valence-electron chi connectivity index (χ3n) is 14.3. The van der Waals surface area contributed by atoms with Crippen molar-refractivity contribution in [2.75, 3.05) is 5.32 Å². The zero-order chi connectivity index (χ0) is 45.8. The Kier molecular flexibility index (Phi) is 9.91. The van der Waals surface area contributed by atoms with Gasteiger partial charge in [-0.2, -0.15) is 0 Å². The summed E-state index contributed by atoms with van der Waals surface area (Å²) < 4.78 is 2.46. The van der Waals surface area contributed by atoms with E-state index in [1.165, 1.54) is 117 Å². The Morgan fingerprint density at radius 1 is 0.362 bits per heavy atom. The van der Waals surface area contributed by atoms with Gasteiger partial charge in [-0.15, -0.1) is 0 Å². The largest absolute Gasteiger partial charge is 0.355 e. The molecule has 2 heteroatoms. The highest BCUT2D eigenvalue weighted by Crippen LogP contribution is 2.45. The van der Waals surface area contributed by atoms with E-state index in [1.54, 1.807) is 0 Å². The van der Waals surface area contributed by atoms with Crippen LogP contribution in [0.15, 0.2) is 249 Å². The van der Waals surface area contributed by atoms with Gasteiger partial charge in [0, 0.05) is 39.0 Å². The first-order valence-electron chi connectivity index (χ1n) is 24.1. The lowest BCUT2D eigenvalue weighted by Gasteiger charge is -2.22. The average Bonchev–Trinajstić information content (AvgIpc) is 3.75. The minimum absolute atomic E-state index is 0.509. The lowest BCUT2D eigenvalue weighted by Crippen LogP contribution is -2.00. The first-order chi connectivity index (χ1) is 34.1. The summed E-state index contributed by atoms with van der Waals surface area (Å²) in [6, 6.07) is 85.0. The Bertz CT molecular complexity index is 3830. The van der Waals surface area contributed by atoms with Gasteiger partial charge in [0.25, 0.3) is 0 Å². The molecule has 1 atom stereocenters. The van der Waals surface area contributed by atoms with E-state index in [2.05, 4.69) is 266 Å². The summed E-state index contributed by atoms with van der Waals surface area (Å²) in [6.45, 7) is 2.30. The number of nitrogens with one attached hydrogen (secondary N) is 1. The molecule has 0 saturated carbocycles. The smallest absolute Gasteiger partial charge is 0.0541 e. The Morgan fingerprint density at radius 3 is 1.62 bits per heavy atom. The lowest BCUT2D eigenvalue weighted by molar-refractivity contribution is 0.749. The molecule has 1 aliphatic heterocycles. The first-order valence-corrected chi connectivity index (χ1v) is 24.1. The quantitative estimate of drug-likeness (QED) is 0.176. The van der Waals surface area contributed by atoms with Gasteiger partial charge in [-0.05, 0) is 157 Å². The molecule has 13 rings (SSSR count). The number of rotatable bonds is 6. The second-order valence-corrected chi connectivity index (χ2v) is 18.7. The van der Waals surface area contributed by atoms with Crippen LogP contribution in [0, 0.1) is 5.92 Å². The summed E-state index contributed by atoms with van der Waals surface area (Å²) in [7, 11) is 0. The summed E-state index contributed by atoms with van der Waals surface area (Å²) in [6.07, 6.45) is 7.85. The van der Waals surface area contributed by atoms with Gasteiger partial charge >= 0.3 is 0 Å². The molecule has 1 aromatic heterocycles. The highest BCUT2D eigenvalue weighted by molar-refractivity contribution is 6.10. The zero-order valence-corrected chi connectivity index (χ0v) is 38.4. The maximum Gasteiger partial charge on any atom is 0.0541 e. The molecule has 69 heavy (non-hydrogen) atoms. The molecule has 2 nitrogen and oxygen atoms in total. The minimum Gasteiger partial charge on any atom is -0.355 e. The number of para-hydroxylation sites is 1. The van der Waals surface area contributed by atoms with E-state index in [0.717, 1.165) is 17.8 Å². The first kappa shape index (κ1) is 40.5. The van der Waals surface area contributed by atoms with Crippen molar-refractivity contribution < 1.29 is 0 Å². The van der Waals surface area contributed by atoms with Crippen molar-refractivity contribution in [3.8, 4) is 83.6 Å². The molecule has 2 aliphatic rings. The van der Waals surface area contributed by atoms with Gasteiger partial charge in [-0.1, -0.05) is 189 Å². The SMILES string of the molecule is CC1C=CC=C(c2cc(-c3ccccc3)cc(-n3c4ccccc4c4cc(-c5ccc(-c6ccc7c(c6)-c6cccc(c6)-c6ccccc6-c6cc(-c8ccccc8)ccc6N7)cc5)ccc43)c2)C1. The van der Waals surface area contributed by atoms with Crippen LogP contribution in [0.5, 0.6) is 0 Å². The second kappa shape index (κ2) is 16.9. The number of fused-ring (bicyclic) bond motifs is 11. The molecular weight excluding hydrogens is 833 g/mol. The van der Waals surface area contributed by atoms with Crippen molar-refractivity contribution in [1.29, 1.82) is 0 Å². The molecule has 10 aromatic carbocycles. The second-order valence-electron chi connectivity index (χ2n) is 18.7. The molecule has 1 unspecified atom stereocenters. The summed E-state index contributed by atoms with van der Waals surface area (Å²) in [5.74, 6) is 0.509. The number of nitrogens with zero attached hydrogens (tertiary/aromatic N) is 1. The molecule has 0 spiro atoms. The van der Waals surface area contributed by atoms with Crippen molar-refractivity contribution in [2.45, 2.75) is 13.3 Å². The maximum absolute atomic E-state index is 3.91. The van der Waals surface area contributed by atoms with Crippen LogP contribution < -0.4 is 5.32 Å². The fourth-order valence-corrected chi connectivity index (χ4v) is 10.8. The van der Waals surface area contributed by atoms with Crippen LogP contribution in [-0.4, -0.2) is 4.57 Å². The molecule has 11 aromatic rings. The molecule has 2 heterocycles. The highest BCUT2D eigenvalue weighted by atomic mass is 15.0. The summed E-state index contributed by atoms with van der Waals surface area (Å²) >= 11 is 0. The van der Waals surface area contributed by atoms with Gasteiger partial charge in [0.2, 0.25) is 0 Å². The van der Waals surface area contributed by atoms with Crippen molar-refractivity contribution >= 4 is 38.8 Å². The van der Waals surface area contributed by atoms with Crippen LogP contribution in [-0.2, 0) is 0 Å². The molecule has 326 valence electrons. The van der Waals surface area contributed by atoms with E-state index >= 15 is 0 Å². The van der Waals surface area contributed by atoms with Crippen molar-refractivity contribution in [3.05, 3.63) is 254 Å². The fourth-order valence-electron chi connectivity index (χ4n) is 10.8. The topological polar surface area (TPSA) is 17.0 Å². The summed E-state index contributed by atoms with van der Waals surface area (Å²) in [4.78, 5) is 0. The van der Waals surface area contributed by atoms with E-state index in [4.69, 9.17) is 0 Å². The van der Waals surface area contributed by atoms with Crippen LogP contribution >= 0.6 is 0 Å². The van der Waals surface area contributed by atoms with Gasteiger partial charge in [-0.25, -0.2) is 0 Å². The molecule has 0 amide bonds. The average molecular weight is 881 g/mol. The Labute approximate surface area is 403 Å². The summed E-state index contributed by atoms with van der Waals surface area (Å²) in [5, 5.41) is 6.41. The molecule has 0 fully saturated rings. The molecule has 2 bridgehead atoms. The maximum atomic E-state index is 3.91. The third-order valence-corrected chi connectivity index (χ3v) is 14.3.